The largest absolute Gasteiger partial charge is 0.366 e. The van der Waals surface area contributed by atoms with E-state index in [0.29, 0.717) is 18.3 Å². The first kappa shape index (κ1) is 16.9. The molecule has 4 aromatic rings. The van der Waals surface area contributed by atoms with Crippen LogP contribution in [0, 0.1) is 6.92 Å². The molecular formula is C19H19N7O. The monoisotopic (exact) mass is 361 g/mol. The second kappa shape index (κ2) is 7.36. The minimum atomic E-state index is 0.154. The maximum atomic E-state index is 5.41. The van der Waals surface area contributed by atoms with Crippen molar-refractivity contribution in [3.05, 3.63) is 60.8 Å². The third-order valence-electron chi connectivity index (χ3n) is 4.14. The van der Waals surface area contributed by atoms with Gasteiger partial charge in [-0.3, -0.25) is 4.68 Å². The number of hydrogen-bond donors (Lipinski definition) is 1. The number of anilines is 1. The summed E-state index contributed by atoms with van der Waals surface area (Å²) in [5.74, 6) is 1.79. The number of nitrogens with one attached hydrogen (secondary N) is 1. The molecule has 4 rings (SSSR count). The van der Waals surface area contributed by atoms with Crippen LogP contribution in [0.5, 0.6) is 0 Å². The summed E-state index contributed by atoms with van der Waals surface area (Å²) in [7, 11) is 0. The van der Waals surface area contributed by atoms with E-state index in [-0.39, 0.29) is 6.04 Å². The second-order valence-electron chi connectivity index (χ2n) is 6.33. The van der Waals surface area contributed by atoms with Crippen molar-refractivity contribution in [3.8, 4) is 22.8 Å². The van der Waals surface area contributed by atoms with Gasteiger partial charge in [0, 0.05) is 17.8 Å². The van der Waals surface area contributed by atoms with Crippen LogP contribution in [0.2, 0.25) is 0 Å². The van der Waals surface area contributed by atoms with E-state index >= 15 is 0 Å². The lowest BCUT2D eigenvalue weighted by atomic mass is 10.1. The maximum absolute atomic E-state index is 5.41. The van der Waals surface area contributed by atoms with Crippen LogP contribution in [0.15, 0.2) is 59.8 Å². The average Bonchev–Trinajstić information content (AvgIpc) is 3.35. The average molecular weight is 361 g/mol. The predicted molar refractivity (Wildman–Crippen MR) is 101 cm³/mol. The van der Waals surface area contributed by atoms with Gasteiger partial charge in [-0.05, 0) is 31.5 Å². The minimum absolute atomic E-state index is 0.154. The van der Waals surface area contributed by atoms with Crippen molar-refractivity contribution >= 4 is 5.82 Å². The van der Waals surface area contributed by atoms with Gasteiger partial charge >= 0.3 is 0 Å². The molecule has 1 aromatic carbocycles. The molecular weight excluding hydrogens is 342 g/mol. The number of aryl methyl sites for hydroxylation is 1. The topological polar surface area (TPSA) is 94.6 Å². The molecule has 0 aliphatic heterocycles. The molecule has 0 spiro atoms. The fourth-order valence-corrected chi connectivity index (χ4v) is 2.79. The van der Waals surface area contributed by atoms with Gasteiger partial charge in [0.15, 0.2) is 0 Å². The Morgan fingerprint density at radius 1 is 1.19 bits per heavy atom. The number of benzene rings is 1. The second-order valence-corrected chi connectivity index (χ2v) is 6.33. The molecule has 8 heteroatoms. The zero-order valence-electron chi connectivity index (χ0n) is 15.1. The van der Waals surface area contributed by atoms with Gasteiger partial charge < -0.3 is 9.84 Å². The molecule has 0 unspecified atom stereocenters. The summed E-state index contributed by atoms with van der Waals surface area (Å²) < 4.78 is 7.19. The quantitative estimate of drug-likeness (QED) is 0.563. The van der Waals surface area contributed by atoms with Gasteiger partial charge in [0.05, 0.1) is 12.1 Å². The summed E-state index contributed by atoms with van der Waals surface area (Å²) in [6.07, 6.45) is 4.94. The van der Waals surface area contributed by atoms with Crippen molar-refractivity contribution < 1.29 is 4.52 Å². The van der Waals surface area contributed by atoms with Crippen molar-refractivity contribution in [2.75, 3.05) is 5.32 Å². The van der Waals surface area contributed by atoms with E-state index in [1.165, 1.54) is 6.33 Å². The highest BCUT2D eigenvalue weighted by molar-refractivity contribution is 5.62. The molecule has 0 saturated heterocycles. The van der Waals surface area contributed by atoms with E-state index in [1.54, 1.807) is 17.2 Å². The number of pyridine rings is 1. The molecule has 3 aromatic heterocycles. The zero-order chi connectivity index (χ0) is 18.6. The molecule has 136 valence electrons. The highest BCUT2D eigenvalue weighted by Gasteiger charge is 2.13. The number of rotatable bonds is 6. The summed E-state index contributed by atoms with van der Waals surface area (Å²) in [6, 6.07) is 11.9. The van der Waals surface area contributed by atoms with Gasteiger partial charge in [-0.15, -0.1) is 0 Å². The van der Waals surface area contributed by atoms with Crippen molar-refractivity contribution in [3.63, 3.8) is 0 Å². The maximum Gasteiger partial charge on any atom is 0.259 e. The van der Waals surface area contributed by atoms with Crippen molar-refractivity contribution in [2.45, 2.75) is 26.4 Å². The smallest absolute Gasteiger partial charge is 0.259 e. The molecule has 0 saturated carbocycles. The van der Waals surface area contributed by atoms with Crippen LogP contribution in [0.1, 0.15) is 12.5 Å². The van der Waals surface area contributed by atoms with Gasteiger partial charge in [0.2, 0.25) is 5.82 Å². The highest BCUT2D eigenvalue weighted by atomic mass is 16.5. The lowest BCUT2D eigenvalue weighted by Gasteiger charge is -2.14. The summed E-state index contributed by atoms with van der Waals surface area (Å²) in [4.78, 5) is 12.9. The third kappa shape index (κ3) is 3.84. The van der Waals surface area contributed by atoms with Crippen LogP contribution >= 0.6 is 0 Å². The van der Waals surface area contributed by atoms with E-state index in [4.69, 9.17) is 4.52 Å². The van der Waals surface area contributed by atoms with Gasteiger partial charge in [-0.2, -0.15) is 10.1 Å². The molecule has 0 aliphatic rings. The Kier molecular flexibility index (Phi) is 4.61. The highest BCUT2D eigenvalue weighted by Crippen LogP contribution is 2.24. The lowest BCUT2D eigenvalue weighted by Crippen LogP contribution is -2.22. The molecule has 0 amide bonds. The van der Waals surface area contributed by atoms with E-state index in [1.807, 2.05) is 43.3 Å². The summed E-state index contributed by atoms with van der Waals surface area (Å²) in [5.41, 5.74) is 2.83. The van der Waals surface area contributed by atoms with Gasteiger partial charge in [-0.1, -0.05) is 29.4 Å². The van der Waals surface area contributed by atoms with Crippen LogP contribution < -0.4 is 5.32 Å². The third-order valence-corrected chi connectivity index (χ3v) is 4.14. The molecule has 0 radical (unpaired) electrons. The fraction of sp³-hybridized carbons (Fsp3) is 0.211. The SMILES string of the molecule is Cc1ccccc1-c1noc(-c2ccc(N[C@@H](C)Cn3cncn3)nc2)n1. The summed E-state index contributed by atoms with van der Waals surface area (Å²) in [6.45, 7) is 4.78. The molecule has 27 heavy (non-hydrogen) atoms. The first-order valence-electron chi connectivity index (χ1n) is 8.64. The minimum Gasteiger partial charge on any atom is -0.366 e. The van der Waals surface area contributed by atoms with Crippen LogP contribution in [0.3, 0.4) is 0 Å². The van der Waals surface area contributed by atoms with Crippen LogP contribution in [-0.2, 0) is 6.54 Å². The molecule has 1 N–H and O–H groups in total. The summed E-state index contributed by atoms with van der Waals surface area (Å²) in [5, 5.41) is 11.5. The predicted octanol–water partition coefficient (Wildman–Crippen LogP) is 3.20. The van der Waals surface area contributed by atoms with Gasteiger partial charge in [-0.25, -0.2) is 9.97 Å². The first-order chi connectivity index (χ1) is 13.2. The van der Waals surface area contributed by atoms with E-state index in [9.17, 15) is 0 Å². The number of aromatic nitrogens is 6. The van der Waals surface area contributed by atoms with Crippen LogP contribution in [0.4, 0.5) is 5.82 Å². The Bertz CT molecular complexity index is 1010. The first-order valence-corrected chi connectivity index (χ1v) is 8.64. The van der Waals surface area contributed by atoms with E-state index < -0.39 is 0 Å². The standard InChI is InChI=1S/C19H19N7O/c1-13-5-3-4-6-16(13)18-24-19(27-25-18)15-7-8-17(21-9-15)23-14(2)10-26-12-20-11-22-26/h3-9,11-12,14H,10H2,1-2H3,(H,21,23)/t14-/m0/s1. The molecule has 0 bridgehead atoms. The Hall–Kier alpha value is -3.55. The van der Waals surface area contributed by atoms with Crippen LogP contribution in [0.25, 0.3) is 22.8 Å². The lowest BCUT2D eigenvalue weighted by molar-refractivity contribution is 0.432. The molecule has 8 nitrogen and oxygen atoms in total. The Morgan fingerprint density at radius 2 is 2.07 bits per heavy atom. The fourth-order valence-electron chi connectivity index (χ4n) is 2.79. The molecule has 3 heterocycles. The summed E-state index contributed by atoms with van der Waals surface area (Å²) >= 11 is 0. The van der Waals surface area contributed by atoms with Crippen molar-refractivity contribution in [1.82, 2.24) is 29.9 Å². The Morgan fingerprint density at radius 3 is 2.81 bits per heavy atom. The Labute approximate surface area is 156 Å². The van der Waals surface area contributed by atoms with Crippen molar-refractivity contribution in [1.29, 1.82) is 0 Å². The van der Waals surface area contributed by atoms with Crippen molar-refractivity contribution in [2.24, 2.45) is 0 Å². The Balaban J connectivity index is 1.46. The molecule has 0 fully saturated rings. The van der Waals surface area contributed by atoms with Gasteiger partial charge in [0.25, 0.3) is 5.89 Å². The number of hydrogen-bond acceptors (Lipinski definition) is 7. The number of nitrogens with zero attached hydrogens (tertiary/aromatic N) is 6. The normalized spacial score (nSPS) is 12.1. The van der Waals surface area contributed by atoms with Gasteiger partial charge in [0.1, 0.15) is 18.5 Å². The van der Waals surface area contributed by atoms with Crippen LogP contribution in [-0.4, -0.2) is 35.9 Å². The molecule has 0 aliphatic carbocycles. The van der Waals surface area contributed by atoms with E-state index in [2.05, 4.69) is 37.4 Å². The van der Waals surface area contributed by atoms with E-state index in [0.717, 1.165) is 22.5 Å². The molecule has 1 atom stereocenters. The zero-order valence-corrected chi connectivity index (χ0v) is 15.1.